The third-order valence-corrected chi connectivity index (χ3v) is 3.36. The standard InChI is InChI=1S/C19H33NO5/c1-15(2)8-7-9-16(3)10-11-20(12-13-21)18(23)25-14-24-17(22)19(4,5)6/h8,10,21H,7,9,11-14H2,1-6H3/b16-10+. The highest BCUT2D eigenvalue weighted by atomic mass is 16.7. The Bertz CT molecular complexity index is 485. The summed E-state index contributed by atoms with van der Waals surface area (Å²) in [5.74, 6) is -0.441. The van der Waals surface area contributed by atoms with Crippen molar-refractivity contribution in [1.82, 2.24) is 4.90 Å². The number of rotatable bonds is 9. The molecule has 6 heteroatoms. The SMILES string of the molecule is CC(C)=CCC/C(C)=C/CN(CCO)C(=O)OCOC(=O)C(C)(C)C. The molecular formula is C19H33NO5. The molecule has 1 N–H and O–H groups in total. The molecule has 0 aliphatic rings. The molecule has 0 rings (SSSR count). The van der Waals surface area contributed by atoms with Gasteiger partial charge in [0.2, 0.25) is 6.79 Å². The minimum atomic E-state index is -0.650. The lowest BCUT2D eigenvalue weighted by Gasteiger charge is -2.21. The molecule has 0 aliphatic carbocycles. The van der Waals surface area contributed by atoms with Crippen LogP contribution in [0.1, 0.15) is 54.4 Å². The van der Waals surface area contributed by atoms with E-state index < -0.39 is 24.3 Å². The molecule has 0 spiro atoms. The topological polar surface area (TPSA) is 76.1 Å². The number of hydrogen-bond donors (Lipinski definition) is 1. The zero-order valence-electron chi connectivity index (χ0n) is 16.4. The van der Waals surface area contributed by atoms with Gasteiger partial charge in [0.15, 0.2) is 0 Å². The largest absolute Gasteiger partial charge is 0.427 e. The monoisotopic (exact) mass is 355 g/mol. The van der Waals surface area contributed by atoms with Crippen molar-refractivity contribution < 1.29 is 24.2 Å². The van der Waals surface area contributed by atoms with Crippen LogP contribution in [0.25, 0.3) is 0 Å². The number of ether oxygens (including phenoxy) is 2. The first kappa shape index (κ1) is 23.2. The lowest BCUT2D eigenvalue weighted by atomic mass is 9.98. The summed E-state index contributed by atoms with van der Waals surface area (Å²) in [5.41, 5.74) is 1.79. The van der Waals surface area contributed by atoms with E-state index in [1.165, 1.54) is 10.5 Å². The third-order valence-electron chi connectivity index (χ3n) is 3.36. The van der Waals surface area contributed by atoms with Crippen molar-refractivity contribution in [3.05, 3.63) is 23.3 Å². The molecule has 0 bridgehead atoms. The van der Waals surface area contributed by atoms with Crippen molar-refractivity contribution in [1.29, 1.82) is 0 Å². The Kier molecular flexibility index (Phi) is 10.8. The highest BCUT2D eigenvalue weighted by Crippen LogP contribution is 2.15. The number of carbonyl (C=O) groups is 2. The molecule has 25 heavy (non-hydrogen) atoms. The fourth-order valence-corrected chi connectivity index (χ4v) is 1.78. The van der Waals surface area contributed by atoms with Crippen LogP contribution in [0.5, 0.6) is 0 Å². The molecule has 0 atom stereocenters. The first-order valence-electron chi connectivity index (χ1n) is 8.56. The molecule has 0 aliphatic heterocycles. The van der Waals surface area contributed by atoms with Crippen molar-refractivity contribution in [2.24, 2.45) is 5.41 Å². The molecule has 6 nitrogen and oxygen atoms in total. The van der Waals surface area contributed by atoms with Gasteiger partial charge in [-0.1, -0.05) is 23.3 Å². The lowest BCUT2D eigenvalue weighted by molar-refractivity contribution is -0.161. The third kappa shape index (κ3) is 11.4. The molecule has 0 unspecified atom stereocenters. The summed E-state index contributed by atoms with van der Waals surface area (Å²) < 4.78 is 9.87. The van der Waals surface area contributed by atoms with E-state index in [1.807, 2.05) is 13.0 Å². The van der Waals surface area contributed by atoms with Crippen LogP contribution < -0.4 is 0 Å². The average molecular weight is 355 g/mol. The van der Waals surface area contributed by atoms with Crippen molar-refractivity contribution in [3.8, 4) is 0 Å². The molecule has 0 fully saturated rings. The van der Waals surface area contributed by atoms with Gasteiger partial charge in [0.05, 0.1) is 12.0 Å². The van der Waals surface area contributed by atoms with Crippen LogP contribution in [0.2, 0.25) is 0 Å². The molecule has 0 radical (unpaired) electrons. The summed E-state index contributed by atoms with van der Waals surface area (Å²) in [7, 11) is 0. The van der Waals surface area contributed by atoms with Gasteiger partial charge in [0.1, 0.15) is 0 Å². The van der Waals surface area contributed by atoms with Gasteiger partial charge in [-0.05, 0) is 54.4 Å². The van der Waals surface area contributed by atoms with Gasteiger partial charge in [-0.25, -0.2) is 4.79 Å². The lowest BCUT2D eigenvalue weighted by Crippen LogP contribution is -2.35. The normalized spacial score (nSPS) is 11.7. The van der Waals surface area contributed by atoms with Crippen LogP contribution >= 0.6 is 0 Å². The molecule has 144 valence electrons. The number of esters is 1. The number of allylic oxidation sites excluding steroid dienone is 3. The van der Waals surface area contributed by atoms with Gasteiger partial charge in [-0.3, -0.25) is 4.79 Å². The van der Waals surface area contributed by atoms with E-state index in [0.29, 0.717) is 6.54 Å². The van der Waals surface area contributed by atoms with Crippen LogP contribution in [0.4, 0.5) is 4.79 Å². The Morgan fingerprint density at radius 1 is 1.08 bits per heavy atom. The molecule has 0 aromatic carbocycles. The fraction of sp³-hybridized carbons (Fsp3) is 0.684. The van der Waals surface area contributed by atoms with E-state index in [9.17, 15) is 9.59 Å². The minimum absolute atomic E-state index is 0.157. The van der Waals surface area contributed by atoms with E-state index >= 15 is 0 Å². The summed E-state index contributed by atoms with van der Waals surface area (Å²) in [5, 5.41) is 9.11. The van der Waals surface area contributed by atoms with Crippen molar-refractivity contribution in [2.45, 2.75) is 54.4 Å². The highest BCUT2D eigenvalue weighted by Gasteiger charge is 2.23. The Morgan fingerprint density at radius 3 is 2.24 bits per heavy atom. The number of hydrogen-bond acceptors (Lipinski definition) is 5. The predicted octanol–water partition coefficient (Wildman–Crippen LogP) is 3.66. The van der Waals surface area contributed by atoms with Crippen LogP contribution in [-0.2, 0) is 14.3 Å². The van der Waals surface area contributed by atoms with Crippen LogP contribution in [0.15, 0.2) is 23.3 Å². The van der Waals surface area contributed by atoms with Crippen molar-refractivity contribution >= 4 is 12.1 Å². The molecular weight excluding hydrogens is 322 g/mol. The van der Waals surface area contributed by atoms with Crippen molar-refractivity contribution in [2.75, 3.05) is 26.5 Å². The van der Waals surface area contributed by atoms with E-state index in [4.69, 9.17) is 14.6 Å². The maximum atomic E-state index is 12.0. The van der Waals surface area contributed by atoms with Crippen LogP contribution in [0, 0.1) is 5.41 Å². The average Bonchev–Trinajstić information content (AvgIpc) is 2.49. The number of amides is 1. The summed E-state index contributed by atoms with van der Waals surface area (Å²) >= 11 is 0. The maximum Gasteiger partial charge on any atom is 0.413 e. The second-order valence-corrected chi connectivity index (χ2v) is 7.25. The zero-order valence-corrected chi connectivity index (χ0v) is 16.4. The van der Waals surface area contributed by atoms with Crippen LogP contribution in [0.3, 0.4) is 0 Å². The zero-order chi connectivity index (χ0) is 19.5. The van der Waals surface area contributed by atoms with E-state index in [2.05, 4.69) is 19.9 Å². The molecule has 0 aromatic heterocycles. The Hall–Kier alpha value is -1.82. The minimum Gasteiger partial charge on any atom is -0.427 e. The number of aliphatic hydroxyl groups is 1. The van der Waals surface area contributed by atoms with Gasteiger partial charge < -0.3 is 19.5 Å². The summed E-state index contributed by atoms with van der Waals surface area (Å²) in [6.45, 7) is 11.2. The summed E-state index contributed by atoms with van der Waals surface area (Å²) in [6, 6.07) is 0. The fourth-order valence-electron chi connectivity index (χ4n) is 1.78. The Morgan fingerprint density at radius 2 is 1.72 bits per heavy atom. The predicted molar refractivity (Wildman–Crippen MR) is 98.0 cm³/mol. The molecule has 0 heterocycles. The van der Waals surface area contributed by atoms with E-state index in [-0.39, 0.29) is 13.2 Å². The Labute approximate surface area is 151 Å². The number of aliphatic hydroxyl groups excluding tert-OH is 1. The molecule has 0 saturated carbocycles. The van der Waals surface area contributed by atoms with Crippen LogP contribution in [-0.4, -0.2) is 48.6 Å². The summed E-state index contributed by atoms with van der Waals surface area (Å²) in [6.07, 6.45) is 5.36. The second kappa shape index (κ2) is 11.7. The van der Waals surface area contributed by atoms with Gasteiger partial charge in [-0.15, -0.1) is 0 Å². The number of carbonyl (C=O) groups excluding carboxylic acids is 2. The second-order valence-electron chi connectivity index (χ2n) is 7.25. The first-order chi connectivity index (χ1) is 11.6. The summed E-state index contributed by atoms with van der Waals surface area (Å²) in [4.78, 5) is 25.0. The number of nitrogens with zero attached hydrogens (tertiary/aromatic N) is 1. The van der Waals surface area contributed by atoms with E-state index in [0.717, 1.165) is 18.4 Å². The molecule has 0 saturated heterocycles. The quantitative estimate of drug-likeness (QED) is 0.388. The molecule has 0 aromatic rings. The van der Waals surface area contributed by atoms with Gasteiger partial charge in [0, 0.05) is 13.1 Å². The van der Waals surface area contributed by atoms with E-state index in [1.54, 1.807) is 20.8 Å². The Balaban J connectivity index is 4.44. The van der Waals surface area contributed by atoms with Crippen molar-refractivity contribution in [3.63, 3.8) is 0 Å². The maximum absolute atomic E-state index is 12.0. The van der Waals surface area contributed by atoms with Gasteiger partial charge in [-0.2, -0.15) is 0 Å². The van der Waals surface area contributed by atoms with Gasteiger partial charge >= 0.3 is 12.1 Å². The molecule has 1 amide bonds. The highest BCUT2D eigenvalue weighted by molar-refractivity contribution is 5.75. The van der Waals surface area contributed by atoms with Gasteiger partial charge in [0.25, 0.3) is 0 Å². The first-order valence-corrected chi connectivity index (χ1v) is 8.56. The smallest absolute Gasteiger partial charge is 0.413 e.